The number of benzene rings is 1. The maximum absolute atomic E-state index is 12.9. The highest BCUT2D eigenvalue weighted by Crippen LogP contribution is 2.36. The molecule has 0 atom stereocenters. The van der Waals surface area contributed by atoms with E-state index in [0.717, 1.165) is 12.4 Å². The van der Waals surface area contributed by atoms with Gasteiger partial charge in [0.2, 0.25) is 5.71 Å². The van der Waals surface area contributed by atoms with Crippen molar-refractivity contribution in [1.29, 1.82) is 0 Å². The van der Waals surface area contributed by atoms with Crippen LogP contribution in [-0.4, -0.2) is 15.9 Å². The lowest BCUT2D eigenvalue weighted by Crippen LogP contribution is -2.25. The van der Waals surface area contributed by atoms with Crippen LogP contribution in [-0.2, 0) is 12.7 Å². The Bertz CT molecular complexity index is 1060. The first-order valence-electron chi connectivity index (χ1n) is 7.29. The average Bonchev–Trinajstić information content (AvgIpc) is 2.90. The zero-order chi connectivity index (χ0) is 19.1. The topological polar surface area (TPSA) is 88.0 Å². The van der Waals surface area contributed by atoms with Crippen molar-refractivity contribution >= 4 is 28.6 Å². The molecule has 0 bridgehead atoms. The molecule has 0 spiro atoms. The third-order valence-corrected chi connectivity index (χ3v) is 4.17. The molecular weight excluding hydrogens is 375 g/mol. The SMILES string of the molecule is Cc1oc2nc[nH]c(=O)c2c1C(=O)NCc1cccc(C(F)(F)F)c1Cl. The van der Waals surface area contributed by atoms with Gasteiger partial charge in [0.15, 0.2) is 0 Å². The number of aryl methyl sites for hydroxylation is 1. The van der Waals surface area contributed by atoms with Gasteiger partial charge in [-0.05, 0) is 18.6 Å². The number of nitrogens with zero attached hydrogens (tertiary/aromatic N) is 1. The van der Waals surface area contributed by atoms with Gasteiger partial charge in [0.25, 0.3) is 11.5 Å². The molecule has 10 heteroatoms. The molecule has 0 saturated heterocycles. The van der Waals surface area contributed by atoms with Crippen molar-refractivity contribution in [2.75, 3.05) is 0 Å². The summed E-state index contributed by atoms with van der Waals surface area (Å²) in [6.07, 6.45) is -3.47. The van der Waals surface area contributed by atoms with Crippen LogP contribution in [0.5, 0.6) is 0 Å². The second kappa shape index (κ2) is 6.49. The number of nitrogens with one attached hydrogen (secondary N) is 2. The van der Waals surface area contributed by atoms with Crippen LogP contribution in [0.2, 0.25) is 5.02 Å². The van der Waals surface area contributed by atoms with Crippen LogP contribution in [0.4, 0.5) is 13.2 Å². The maximum atomic E-state index is 12.9. The standard InChI is InChI=1S/C16H11ClF3N3O3/c1-7-10(11-14(25)22-6-23-15(11)26-7)13(24)21-5-8-3-2-4-9(12(8)17)16(18,19)20/h2-4,6H,5H2,1H3,(H,21,24)(H,22,23,25). The van der Waals surface area contributed by atoms with Crippen molar-refractivity contribution in [3.05, 3.63) is 62.4 Å². The Hall–Kier alpha value is -2.81. The summed E-state index contributed by atoms with van der Waals surface area (Å²) in [7, 11) is 0. The van der Waals surface area contributed by atoms with Crippen LogP contribution in [0.1, 0.15) is 27.2 Å². The summed E-state index contributed by atoms with van der Waals surface area (Å²) in [5, 5.41) is 1.93. The Labute approximate surface area is 149 Å². The molecule has 3 rings (SSSR count). The van der Waals surface area contributed by atoms with E-state index < -0.39 is 28.2 Å². The summed E-state index contributed by atoms with van der Waals surface area (Å²) in [6.45, 7) is 1.22. The molecule has 136 valence electrons. The van der Waals surface area contributed by atoms with E-state index in [1.54, 1.807) is 0 Å². The number of carbonyl (C=O) groups excluding carboxylic acids is 1. The van der Waals surface area contributed by atoms with Crippen LogP contribution in [0, 0.1) is 6.92 Å². The fraction of sp³-hybridized carbons (Fsp3) is 0.188. The second-order valence-corrected chi connectivity index (χ2v) is 5.78. The highest BCUT2D eigenvalue weighted by atomic mass is 35.5. The van der Waals surface area contributed by atoms with Gasteiger partial charge in [-0.3, -0.25) is 9.59 Å². The molecule has 26 heavy (non-hydrogen) atoms. The quantitative estimate of drug-likeness (QED) is 0.723. The van der Waals surface area contributed by atoms with Gasteiger partial charge in [0, 0.05) is 6.54 Å². The Morgan fingerprint density at radius 2 is 2.12 bits per heavy atom. The number of hydrogen-bond acceptors (Lipinski definition) is 4. The summed E-state index contributed by atoms with van der Waals surface area (Å²) < 4.78 is 44.0. The van der Waals surface area contributed by atoms with Gasteiger partial charge in [-0.2, -0.15) is 13.2 Å². The number of rotatable bonds is 3. The number of carbonyl (C=O) groups is 1. The van der Waals surface area contributed by atoms with Gasteiger partial charge < -0.3 is 14.7 Å². The Kier molecular flexibility index (Phi) is 4.49. The molecular formula is C16H11ClF3N3O3. The fourth-order valence-electron chi connectivity index (χ4n) is 2.53. The van der Waals surface area contributed by atoms with Crippen LogP contribution in [0.3, 0.4) is 0 Å². The summed E-state index contributed by atoms with van der Waals surface area (Å²) in [4.78, 5) is 30.5. The van der Waals surface area contributed by atoms with Crippen LogP contribution in [0.15, 0.2) is 33.7 Å². The molecule has 1 amide bonds. The summed E-state index contributed by atoms with van der Waals surface area (Å²) >= 11 is 5.80. The summed E-state index contributed by atoms with van der Waals surface area (Å²) in [5.74, 6) is -0.523. The van der Waals surface area contributed by atoms with Gasteiger partial charge in [0.05, 0.1) is 22.5 Å². The van der Waals surface area contributed by atoms with Crippen LogP contribution in [0.25, 0.3) is 11.1 Å². The van der Waals surface area contributed by atoms with E-state index in [2.05, 4.69) is 15.3 Å². The van der Waals surface area contributed by atoms with E-state index >= 15 is 0 Å². The normalized spacial score (nSPS) is 11.7. The van der Waals surface area contributed by atoms with Gasteiger partial charge >= 0.3 is 6.18 Å². The molecule has 0 unspecified atom stereocenters. The number of aromatic amines is 1. The smallest absolute Gasteiger partial charge is 0.417 e. The van der Waals surface area contributed by atoms with E-state index in [9.17, 15) is 22.8 Å². The van der Waals surface area contributed by atoms with Crippen molar-refractivity contribution in [3.63, 3.8) is 0 Å². The third-order valence-electron chi connectivity index (χ3n) is 3.72. The molecule has 3 aromatic rings. The fourth-order valence-corrected chi connectivity index (χ4v) is 2.83. The second-order valence-electron chi connectivity index (χ2n) is 5.40. The zero-order valence-electron chi connectivity index (χ0n) is 13.2. The summed E-state index contributed by atoms with van der Waals surface area (Å²) in [5.41, 5.74) is -1.50. The number of halogens is 4. The van der Waals surface area contributed by atoms with Crippen molar-refractivity contribution in [3.8, 4) is 0 Å². The van der Waals surface area contributed by atoms with E-state index in [0.29, 0.717) is 0 Å². The first-order valence-corrected chi connectivity index (χ1v) is 7.67. The Morgan fingerprint density at radius 3 is 2.81 bits per heavy atom. The lowest BCUT2D eigenvalue weighted by atomic mass is 10.1. The molecule has 1 aromatic carbocycles. The predicted molar refractivity (Wildman–Crippen MR) is 87.0 cm³/mol. The number of aromatic nitrogens is 2. The van der Waals surface area contributed by atoms with Crippen LogP contribution >= 0.6 is 11.6 Å². The van der Waals surface area contributed by atoms with E-state index in [-0.39, 0.29) is 34.5 Å². The molecule has 0 fully saturated rings. The highest BCUT2D eigenvalue weighted by Gasteiger charge is 2.33. The van der Waals surface area contributed by atoms with Crippen LogP contribution < -0.4 is 10.9 Å². The number of alkyl halides is 3. The largest absolute Gasteiger partial charge is 0.442 e. The maximum Gasteiger partial charge on any atom is 0.417 e. The monoisotopic (exact) mass is 385 g/mol. The Balaban J connectivity index is 1.90. The van der Waals surface area contributed by atoms with E-state index in [4.69, 9.17) is 16.0 Å². The third kappa shape index (κ3) is 3.17. The molecule has 0 saturated carbocycles. The first kappa shape index (κ1) is 18.0. The van der Waals surface area contributed by atoms with Crippen molar-refractivity contribution in [2.45, 2.75) is 19.6 Å². The van der Waals surface area contributed by atoms with E-state index in [1.807, 2.05) is 0 Å². The first-order chi connectivity index (χ1) is 12.2. The van der Waals surface area contributed by atoms with Crippen molar-refractivity contribution in [1.82, 2.24) is 15.3 Å². The van der Waals surface area contributed by atoms with Gasteiger partial charge in [-0.25, -0.2) is 4.98 Å². The lowest BCUT2D eigenvalue weighted by molar-refractivity contribution is -0.137. The van der Waals surface area contributed by atoms with Gasteiger partial charge in [-0.15, -0.1) is 0 Å². The Morgan fingerprint density at radius 1 is 1.38 bits per heavy atom. The van der Waals surface area contributed by atoms with Gasteiger partial charge in [0.1, 0.15) is 11.1 Å². The number of fused-ring (bicyclic) bond motifs is 1. The molecule has 2 aromatic heterocycles. The van der Waals surface area contributed by atoms with Gasteiger partial charge in [-0.1, -0.05) is 23.7 Å². The number of furan rings is 1. The number of hydrogen-bond donors (Lipinski definition) is 2. The molecule has 0 aliphatic heterocycles. The molecule has 0 radical (unpaired) electrons. The minimum absolute atomic E-state index is 0.00602. The molecule has 0 aliphatic rings. The predicted octanol–water partition coefficient (Wildman–Crippen LogP) is 3.43. The minimum atomic E-state index is -4.60. The zero-order valence-corrected chi connectivity index (χ0v) is 14.0. The average molecular weight is 386 g/mol. The molecule has 2 heterocycles. The number of H-pyrrole nitrogens is 1. The van der Waals surface area contributed by atoms with E-state index in [1.165, 1.54) is 19.1 Å². The minimum Gasteiger partial charge on any atom is -0.442 e. The lowest BCUT2D eigenvalue weighted by Gasteiger charge is -2.12. The number of amides is 1. The molecule has 6 nitrogen and oxygen atoms in total. The molecule has 0 aliphatic carbocycles. The van der Waals surface area contributed by atoms with Crippen molar-refractivity contribution < 1.29 is 22.4 Å². The summed E-state index contributed by atoms with van der Waals surface area (Å²) in [6, 6.07) is 3.42. The van der Waals surface area contributed by atoms with Crippen molar-refractivity contribution in [2.24, 2.45) is 0 Å². The highest BCUT2D eigenvalue weighted by molar-refractivity contribution is 6.32. The molecule has 2 N–H and O–H groups in total.